The first-order valence-electron chi connectivity index (χ1n) is 11.3. The van der Waals surface area contributed by atoms with Crippen LogP contribution >= 0.6 is 0 Å². The van der Waals surface area contributed by atoms with Crippen LogP contribution in [0.2, 0.25) is 0 Å². The largest absolute Gasteiger partial charge is 0.492 e. The van der Waals surface area contributed by atoms with Crippen LogP contribution in [0.25, 0.3) is 10.9 Å². The van der Waals surface area contributed by atoms with Gasteiger partial charge in [-0.2, -0.15) is 5.10 Å². The number of aromatic nitrogens is 2. The van der Waals surface area contributed by atoms with Crippen LogP contribution in [0.15, 0.2) is 65.6 Å². The minimum absolute atomic E-state index is 0.0676. The average Bonchev–Trinajstić information content (AvgIpc) is 3.25. The maximum Gasteiger partial charge on any atom is 0.267 e. The number of halogens is 2. The number of nitrogens with zero attached hydrogens (tertiary/aromatic N) is 1. The third-order valence-electron chi connectivity index (χ3n) is 5.54. The summed E-state index contributed by atoms with van der Waals surface area (Å²) in [7, 11) is -4.50. The fourth-order valence-electron chi connectivity index (χ4n) is 3.77. The minimum atomic E-state index is -4.50. The Morgan fingerprint density at radius 3 is 2.58 bits per heavy atom. The SMILES string of the molecule is CCc1n[nH]c2cc(OCCNCC(O)c3cccc(NS(=O)(=O)c4c(F)cccc4F)c3)ccc12. The molecule has 1 atom stereocenters. The van der Waals surface area contributed by atoms with Crippen LogP contribution in [0.1, 0.15) is 24.3 Å². The van der Waals surface area contributed by atoms with E-state index in [1.54, 1.807) is 6.07 Å². The number of aliphatic hydroxyl groups excluding tert-OH is 1. The van der Waals surface area contributed by atoms with Crippen molar-refractivity contribution in [2.75, 3.05) is 24.4 Å². The molecular formula is C25H26F2N4O4S. The van der Waals surface area contributed by atoms with Gasteiger partial charge in [0.25, 0.3) is 10.0 Å². The number of H-pyrrole nitrogens is 1. The number of sulfonamides is 1. The number of hydrogen-bond donors (Lipinski definition) is 4. The minimum Gasteiger partial charge on any atom is -0.492 e. The van der Waals surface area contributed by atoms with Gasteiger partial charge in [0.1, 0.15) is 24.0 Å². The maximum atomic E-state index is 13.9. The third kappa shape index (κ3) is 5.81. The summed E-state index contributed by atoms with van der Waals surface area (Å²) in [6.07, 6.45) is -0.112. The summed E-state index contributed by atoms with van der Waals surface area (Å²) in [5, 5.41) is 21.9. The van der Waals surface area contributed by atoms with Crippen LogP contribution in [-0.2, 0) is 16.4 Å². The molecule has 0 aliphatic rings. The van der Waals surface area contributed by atoms with Gasteiger partial charge < -0.3 is 15.2 Å². The fourth-order valence-corrected chi connectivity index (χ4v) is 4.96. The van der Waals surface area contributed by atoms with Crippen LogP contribution < -0.4 is 14.8 Å². The summed E-state index contributed by atoms with van der Waals surface area (Å²) >= 11 is 0. The molecule has 0 radical (unpaired) electrons. The Hall–Kier alpha value is -3.54. The molecule has 3 aromatic carbocycles. The first kappa shape index (κ1) is 25.5. The first-order valence-corrected chi connectivity index (χ1v) is 12.8. The summed E-state index contributed by atoms with van der Waals surface area (Å²) in [5.74, 6) is -1.69. The van der Waals surface area contributed by atoms with Gasteiger partial charge in [-0.3, -0.25) is 9.82 Å². The number of hydrogen-bond acceptors (Lipinski definition) is 6. The predicted molar refractivity (Wildman–Crippen MR) is 132 cm³/mol. The Bertz CT molecular complexity index is 1440. The zero-order valence-corrected chi connectivity index (χ0v) is 20.3. The number of anilines is 1. The van der Waals surface area contributed by atoms with Gasteiger partial charge in [-0.25, -0.2) is 17.2 Å². The molecule has 1 heterocycles. The molecule has 0 fully saturated rings. The van der Waals surface area contributed by atoms with Crippen LogP contribution in [0.5, 0.6) is 5.75 Å². The van der Waals surface area contributed by atoms with Crippen molar-refractivity contribution in [3.8, 4) is 5.75 Å². The molecule has 0 spiro atoms. The topological polar surface area (TPSA) is 116 Å². The number of ether oxygens (including phenoxy) is 1. The number of aryl methyl sites for hydroxylation is 1. The number of aliphatic hydroxyl groups is 1. The highest BCUT2D eigenvalue weighted by molar-refractivity contribution is 7.92. The van der Waals surface area contributed by atoms with Gasteiger partial charge in [0, 0.05) is 30.2 Å². The average molecular weight is 517 g/mol. The molecule has 8 nitrogen and oxygen atoms in total. The molecular weight excluding hydrogens is 490 g/mol. The lowest BCUT2D eigenvalue weighted by atomic mass is 10.1. The second-order valence-electron chi connectivity index (χ2n) is 8.08. The molecule has 0 amide bonds. The third-order valence-corrected chi connectivity index (χ3v) is 6.98. The molecule has 4 aromatic rings. The number of rotatable bonds is 11. The van der Waals surface area contributed by atoms with E-state index in [4.69, 9.17) is 4.74 Å². The summed E-state index contributed by atoms with van der Waals surface area (Å²) in [6.45, 7) is 3.04. The molecule has 0 aliphatic carbocycles. The Kier molecular flexibility index (Phi) is 7.82. The van der Waals surface area contributed by atoms with Crippen molar-refractivity contribution < 1.29 is 27.0 Å². The predicted octanol–water partition coefficient (Wildman–Crippen LogP) is 3.91. The number of benzene rings is 3. The number of fused-ring (bicyclic) bond motifs is 1. The smallest absolute Gasteiger partial charge is 0.267 e. The second kappa shape index (κ2) is 11.0. The normalized spacial score (nSPS) is 12.6. The molecule has 0 saturated heterocycles. The van der Waals surface area contributed by atoms with Gasteiger partial charge >= 0.3 is 0 Å². The first-order chi connectivity index (χ1) is 17.3. The van der Waals surface area contributed by atoms with E-state index in [9.17, 15) is 22.3 Å². The zero-order chi connectivity index (χ0) is 25.7. The molecule has 0 aliphatic heterocycles. The Labute approximate surface area is 207 Å². The van der Waals surface area contributed by atoms with Gasteiger partial charge in [0.2, 0.25) is 0 Å². The van der Waals surface area contributed by atoms with Crippen molar-refractivity contribution in [2.24, 2.45) is 0 Å². The van der Waals surface area contributed by atoms with Crippen LogP contribution in [-0.4, -0.2) is 43.4 Å². The Balaban J connectivity index is 1.29. The van der Waals surface area contributed by atoms with Crippen molar-refractivity contribution in [1.29, 1.82) is 0 Å². The van der Waals surface area contributed by atoms with Crippen molar-refractivity contribution in [2.45, 2.75) is 24.3 Å². The van der Waals surface area contributed by atoms with E-state index in [1.807, 2.05) is 25.1 Å². The maximum absolute atomic E-state index is 13.9. The van der Waals surface area contributed by atoms with E-state index in [2.05, 4.69) is 20.2 Å². The van der Waals surface area contributed by atoms with Gasteiger partial charge in [-0.05, 0) is 48.4 Å². The van der Waals surface area contributed by atoms with Crippen LogP contribution in [0, 0.1) is 11.6 Å². The molecule has 0 bridgehead atoms. The van der Waals surface area contributed by atoms with Crippen molar-refractivity contribution in [1.82, 2.24) is 15.5 Å². The lowest BCUT2D eigenvalue weighted by molar-refractivity contribution is 0.172. The van der Waals surface area contributed by atoms with E-state index in [0.717, 1.165) is 41.2 Å². The molecule has 36 heavy (non-hydrogen) atoms. The Morgan fingerprint density at radius 1 is 1.08 bits per heavy atom. The summed E-state index contributed by atoms with van der Waals surface area (Å²) in [5.41, 5.74) is 2.40. The van der Waals surface area contributed by atoms with Crippen molar-refractivity contribution in [3.63, 3.8) is 0 Å². The lowest BCUT2D eigenvalue weighted by Gasteiger charge is -2.15. The molecule has 0 saturated carbocycles. The molecule has 4 rings (SSSR count). The zero-order valence-electron chi connectivity index (χ0n) is 19.5. The van der Waals surface area contributed by atoms with E-state index < -0.39 is 32.7 Å². The highest BCUT2D eigenvalue weighted by Gasteiger charge is 2.24. The molecule has 1 unspecified atom stereocenters. The van der Waals surface area contributed by atoms with E-state index in [0.29, 0.717) is 24.5 Å². The highest BCUT2D eigenvalue weighted by Crippen LogP contribution is 2.24. The standard InChI is InChI=1S/C25H26F2N4O4S/c1-2-22-19-10-9-18(14-23(19)30-29-22)35-12-11-28-15-24(32)16-5-3-6-17(13-16)31-36(33,34)25-20(26)7-4-8-21(25)27/h3-10,13-14,24,28,31-32H,2,11-12,15H2,1H3,(H,29,30). The number of nitrogens with one attached hydrogen (secondary N) is 3. The number of aromatic amines is 1. The molecule has 11 heteroatoms. The van der Waals surface area contributed by atoms with E-state index in [1.165, 1.54) is 18.2 Å². The lowest BCUT2D eigenvalue weighted by Crippen LogP contribution is -2.26. The van der Waals surface area contributed by atoms with Gasteiger partial charge in [-0.15, -0.1) is 0 Å². The fraction of sp³-hybridized carbons (Fsp3) is 0.240. The second-order valence-corrected chi connectivity index (χ2v) is 9.70. The van der Waals surface area contributed by atoms with E-state index >= 15 is 0 Å². The van der Waals surface area contributed by atoms with Gasteiger partial charge in [-0.1, -0.05) is 25.1 Å². The summed E-state index contributed by atoms with van der Waals surface area (Å²) in [4.78, 5) is -1.06. The van der Waals surface area contributed by atoms with Crippen LogP contribution in [0.3, 0.4) is 0 Å². The van der Waals surface area contributed by atoms with E-state index in [-0.39, 0.29) is 12.2 Å². The molecule has 1 aromatic heterocycles. The van der Waals surface area contributed by atoms with Gasteiger partial charge in [0.15, 0.2) is 4.90 Å². The monoisotopic (exact) mass is 516 g/mol. The summed E-state index contributed by atoms with van der Waals surface area (Å²) in [6, 6.07) is 14.5. The summed E-state index contributed by atoms with van der Waals surface area (Å²) < 4.78 is 60.7. The highest BCUT2D eigenvalue weighted by atomic mass is 32.2. The molecule has 4 N–H and O–H groups in total. The van der Waals surface area contributed by atoms with Crippen molar-refractivity contribution >= 4 is 26.6 Å². The molecule has 190 valence electrons. The van der Waals surface area contributed by atoms with Crippen molar-refractivity contribution in [3.05, 3.63) is 83.6 Å². The van der Waals surface area contributed by atoms with Crippen LogP contribution in [0.4, 0.5) is 14.5 Å². The quantitative estimate of drug-likeness (QED) is 0.225. The van der Waals surface area contributed by atoms with Gasteiger partial charge in [0.05, 0.1) is 17.3 Å². The Morgan fingerprint density at radius 2 is 1.83 bits per heavy atom.